The molecule has 3 unspecified atom stereocenters. The van der Waals surface area contributed by atoms with E-state index in [2.05, 4.69) is 40.3 Å². The molecule has 1 aliphatic rings. The fraction of sp³-hybridized carbons (Fsp3) is 1.00. The molecule has 0 spiro atoms. The maximum Gasteiger partial charge on any atom is 0.0578 e. The summed E-state index contributed by atoms with van der Waals surface area (Å²) in [4.78, 5) is 0. The van der Waals surface area contributed by atoms with E-state index in [1.807, 2.05) is 0 Å². The van der Waals surface area contributed by atoms with Gasteiger partial charge in [0.2, 0.25) is 0 Å². The molecule has 1 rings (SSSR count). The molecule has 0 aliphatic heterocycles. The summed E-state index contributed by atoms with van der Waals surface area (Å²) in [5, 5.41) is 0. The molecule has 0 amide bonds. The Morgan fingerprint density at radius 2 is 1.87 bits per heavy atom. The average molecular weight is 230 g/mol. The maximum absolute atomic E-state index is 6.01. The molecule has 0 bridgehead atoms. The summed E-state index contributed by atoms with van der Waals surface area (Å²) in [6, 6.07) is 0. The van der Waals surface area contributed by atoms with Crippen LogP contribution < -0.4 is 0 Å². The predicted octanol–water partition coefficient (Wildman–Crippen LogP) is 3.78. The van der Waals surface area contributed by atoms with Gasteiger partial charge in [0.05, 0.1) is 12.7 Å². The Morgan fingerprint density at radius 3 is 2.40 bits per heavy atom. The van der Waals surface area contributed by atoms with Crippen molar-refractivity contribution in [1.29, 1.82) is 0 Å². The van der Waals surface area contributed by atoms with Gasteiger partial charge in [-0.25, -0.2) is 0 Å². The first-order valence-electron chi connectivity index (χ1n) is 6.17. The van der Waals surface area contributed by atoms with Crippen LogP contribution in [0.5, 0.6) is 0 Å². The Labute approximate surface area is 100 Å². The molecule has 0 saturated heterocycles. The topological polar surface area (TPSA) is 9.23 Å². The summed E-state index contributed by atoms with van der Waals surface area (Å²) in [5.41, 5.74) is 0.218. The van der Waals surface area contributed by atoms with Crippen LogP contribution in [0.3, 0.4) is 0 Å². The van der Waals surface area contributed by atoms with Gasteiger partial charge in [-0.05, 0) is 42.3 Å². The van der Waals surface area contributed by atoms with Crippen LogP contribution >= 0.6 is 12.6 Å². The lowest BCUT2D eigenvalue weighted by atomic mass is 9.80. The largest absolute Gasteiger partial charge is 0.378 e. The second-order valence-electron chi connectivity index (χ2n) is 6.02. The quantitative estimate of drug-likeness (QED) is 0.723. The monoisotopic (exact) mass is 230 g/mol. The Morgan fingerprint density at radius 1 is 1.20 bits per heavy atom. The van der Waals surface area contributed by atoms with Crippen molar-refractivity contribution in [3.05, 3.63) is 0 Å². The van der Waals surface area contributed by atoms with E-state index in [9.17, 15) is 0 Å². The van der Waals surface area contributed by atoms with Crippen molar-refractivity contribution in [2.45, 2.75) is 53.1 Å². The molecule has 3 atom stereocenters. The zero-order valence-electron chi connectivity index (χ0n) is 10.6. The second-order valence-corrected chi connectivity index (χ2v) is 6.34. The number of hydrogen-bond donors (Lipinski definition) is 1. The third kappa shape index (κ3) is 4.36. The fourth-order valence-electron chi connectivity index (χ4n) is 2.04. The SMILES string of the molecule is CC1CCC(OCC(C)(C)CS)CC1C. The van der Waals surface area contributed by atoms with Crippen molar-refractivity contribution in [1.82, 2.24) is 0 Å². The van der Waals surface area contributed by atoms with E-state index >= 15 is 0 Å². The van der Waals surface area contributed by atoms with Crippen LogP contribution in [0, 0.1) is 17.3 Å². The van der Waals surface area contributed by atoms with E-state index in [1.54, 1.807) is 0 Å². The highest BCUT2D eigenvalue weighted by atomic mass is 32.1. The maximum atomic E-state index is 6.01. The molecule has 0 radical (unpaired) electrons. The lowest BCUT2D eigenvalue weighted by Gasteiger charge is -2.34. The van der Waals surface area contributed by atoms with Gasteiger partial charge < -0.3 is 4.74 Å². The van der Waals surface area contributed by atoms with Gasteiger partial charge in [-0.2, -0.15) is 12.6 Å². The first-order chi connectivity index (χ1) is 6.94. The summed E-state index contributed by atoms with van der Waals surface area (Å²) in [6.45, 7) is 9.99. The van der Waals surface area contributed by atoms with Gasteiger partial charge in [-0.3, -0.25) is 0 Å². The van der Waals surface area contributed by atoms with E-state index in [1.165, 1.54) is 19.3 Å². The number of thiol groups is 1. The van der Waals surface area contributed by atoms with E-state index in [-0.39, 0.29) is 5.41 Å². The van der Waals surface area contributed by atoms with Crippen LogP contribution in [0.25, 0.3) is 0 Å². The molecular weight excluding hydrogens is 204 g/mol. The summed E-state index contributed by atoms with van der Waals surface area (Å²) in [7, 11) is 0. The van der Waals surface area contributed by atoms with Gasteiger partial charge >= 0.3 is 0 Å². The Balaban J connectivity index is 2.28. The van der Waals surface area contributed by atoms with Gasteiger partial charge in [-0.15, -0.1) is 0 Å². The fourth-order valence-corrected chi connectivity index (χ4v) is 2.13. The summed E-state index contributed by atoms with van der Waals surface area (Å²) in [6.07, 6.45) is 4.31. The van der Waals surface area contributed by atoms with Crippen LogP contribution in [-0.2, 0) is 4.74 Å². The molecule has 1 aliphatic carbocycles. The summed E-state index contributed by atoms with van der Waals surface area (Å²) >= 11 is 4.35. The van der Waals surface area contributed by atoms with E-state index in [0.29, 0.717) is 6.10 Å². The third-order valence-electron chi connectivity index (χ3n) is 3.69. The summed E-state index contributed by atoms with van der Waals surface area (Å²) in [5.74, 6) is 2.59. The lowest BCUT2D eigenvalue weighted by molar-refractivity contribution is -0.0273. The van der Waals surface area contributed by atoms with Crippen molar-refractivity contribution < 1.29 is 4.74 Å². The first-order valence-corrected chi connectivity index (χ1v) is 6.80. The molecule has 0 aromatic rings. The molecule has 1 nitrogen and oxygen atoms in total. The number of ether oxygens (including phenoxy) is 1. The molecule has 0 aromatic carbocycles. The van der Waals surface area contributed by atoms with Crippen molar-refractivity contribution >= 4 is 12.6 Å². The van der Waals surface area contributed by atoms with E-state index < -0.39 is 0 Å². The normalized spacial score (nSPS) is 33.0. The lowest BCUT2D eigenvalue weighted by Crippen LogP contribution is -2.31. The van der Waals surface area contributed by atoms with Crippen LogP contribution in [-0.4, -0.2) is 18.5 Å². The van der Waals surface area contributed by atoms with Gasteiger partial charge in [0.25, 0.3) is 0 Å². The van der Waals surface area contributed by atoms with Crippen LogP contribution in [0.4, 0.5) is 0 Å². The van der Waals surface area contributed by atoms with E-state index in [0.717, 1.165) is 24.2 Å². The van der Waals surface area contributed by atoms with Gasteiger partial charge in [0.15, 0.2) is 0 Å². The second kappa shape index (κ2) is 5.58. The highest BCUT2D eigenvalue weighted by Crippen LogP contribution is 2.32. The minimum atomic E-state index is 0.218. The molecule has 2 heteroatoms. The van der Waals surface area contributed by atoms with Crippen molar-refractivity contribution in [3.8, 4) is 0 Å². The van der Waals surface area contributed by atoms with Gasteiger partial charge in [-0.1, -0.05) is 27.7 Å². The molecule has 15 heavy (non-hydrogen) atoms. The molecule has 0 heterocycles. The molecular formula is C13H26OS. The van der Waals surface area contributed by atoms with Crippen molar-refractivity contribution in [3.63, 3.8) is 0 Å². The zero-order chi connectivity index (χ0) is 11.5. The average Bonchev–Trinajstić information content (AvgIpc) is 2.20. The number of hydrogen-bond acceptors (Lipinski definition) is 2. The highest BCUT2D eigenvalue weighted by molar-refractivity contribution is 7.80. The molecule has 1 fully saturated rings. The van der Waals surface area contributed by atoms with E-state index in [4.69, 9.17) is 4.74 Å². The molecule has 0 aromatic heterocycles. The Hall–Kier alpha value is 0.310. The Kier molecular flexibility index (Phi) is 4.98. The smallest absolute Gasteiger partial charge is 0.0578 e. The van der Waals surface area contributed by atoms with Gasteiger partial charge in [0.1, 0.15) is 0 Å². The van der Waals surface area contributed by atoms with Crippen LogP contribution in [0.1, 0.15) is 47.0 Å². The Bertz CT molecular complexity index is 191. The van der Waals surface area contributed by atoms with Crippen LogP contribution in [0.2, 0.25) is 0 Å². The minimum Gasteiger partial charge on any atom is -0.378 e. The molecule has 1 saturated carbocycles. The van der Waals surface area contributed by atoms with Crippen molar-refractivity contribution in [2.24, 2.45) is 17.3 Å². The zero-order valence-corrected chi connectivity index (χ0v) is 11.5. The molecule has 0 N–H and O–H groups in total. The van der Waals surface area contributed by atoms with Crippen LogP contribution in [0.15, 0.2) is 0 Å². The van der Waals surface area contributed by atoms with Crippen molar-refractivity contribution in [2.75, 3.05) is 12.4 Å². The minimum absolute atomic E-state index is 0.218. The van der Waals surface area contributed by atoms with Gasteiger partial charge in [0, 0.05) is 0 Å². The summed E-state index contributed by atoms with van der Waals surface area (Å²) < 4.78 is 6.01. The predicted molar refractivity (Wildman–Crippen MR) is 69.6 cm³/mol. The first kappa shape index (κ1) is 13.4. The number of rotatable bonds is 4. The standard InChI is InChI=1S/C13H26OS/c1-10-5-6-12(7-11(10)2)14-8-13(3,4)9-15/h10-12,15H,5-9H2,1-4H3. The molecule has 90 valence electrons. The highest BCUT2D eigenvalue weighted by Gasteiger charge is 2.26. The third-order valence-corrected chi connectivity index (χ3v) is 4.54.